The third kappa shape index (κ3) is 5.48. The first-order valence-electron chi connectivity index (χ1n) is 10.1. The molecule has 0 saturated carbocycles. The van der Waals surface area contributed by atoms with Crippen LogP contribution in [0.1, 0.15) is 38.1 Å². The fourth-order valence-corrected chi connectivity index (χ4v) is 4.62. The maximum absolute atomic E-state index is 14.4. The van der Waals surface area contributed by atoms with Crippen LogP contribution in [0, 0.1) is 11.7 Å². The average molecular weight is 444 g/mol. The summed E-state index contributed by atoms with van der Waals surface area (Å²) in [6.07, 6.45) is -0.436. The van der Waals surface area contributed by atoms with Gasteiger partial charge in [0.1, 0.15) is 5.82 Å². The molecule has 2 rings (SSSR count). The van der Waals surface area contributed by atoms with Crippen molar-refractivity contribution in [1.29, 1.82) is 0 Å². The quantitative estimate of drug-likeness (QED) is 0.646. The Morgan fingerprint density at radius 2 is 1.67 bits per heavy atom. The largest absolute Gasteiger partial charge is 0.449 e. The van der Waals surface area contributed by atoms with E-state index < -0.39 is 27.8 Å². The molecule has 0 N–H and O–H groups in total. The van der Waals surface area contributed by atoms with E-state index in [9.17, 15) is 22.4 Å². The lowest BCUT2D eigenvalue weighted by Gasteiger charge is -2.34. The van der Waals surface area contributed by atoms with Crippen molar-refractivity contribution in [2.24, 2.45) is 5.92 Å². The lowest BCUT2D eigenvalue weighted by atomic mass is 10.1. The van der Waals surface area contributed by atoms with Gasteiger partial charge in [-0.2, -0.15) is 4.31 Å². The number of ether oxygens (including phenoxy) is 1. The average Bonchev–Trinajstić information content (AvgIpc) is 2.72. The molecule has 0 aliphatic carbocycles. The predicted molar refractivity (Wildman–Crippen MR) is 110 cm³/mol. The highest BCUT2D eigenvalue weighted by Gasteiger charge is 2.29. The second kappa shape index (κ2) is 10.2. The first-order valence-corrected chi connectivity index (χ1v) is 11.6. The molecule has 0 radical (unpaired) electrons. The molecule has 168 valence electrons. The van der Waals surface area contributed by atoms with Crippen LogP contribution in [0.2, 0.25) is 0 Å². The molecule has 0 aromatic heterocycles. The molecule has 0 bridgehead atoms. The van der Waals surface area contributed by atoms with E-state index >= 15 is 0 Å². The number of hydrogen-bond donors (Lipinski definition) is 0. The third-order valence-corrected chi connectivity index (χ3v) is 6.92. The second-order valence-corrected chi connectivity index (χ2v) is 9.42. The Morgan fingerprint density at radius 3 is 2.20 bits per heavy atom. The van der Waals surface area contributed by atoms with Crippen LogP contribution in [-0.2, 0) is 14.8 Å². The molecule has 30 heavy (non-hydrogen) atoms. The lowest BCUT2D eigenvalue weighted by molar-refractivity contribution is 0.0532. The molecule has 8 nitrogen and oxygen atoms in total. The number of carbonyl (C=O) groups is 2. The molecule has 1 aliphatic heterocycles. The summed E-state index contributed by atoms with van der Waals surface area (Å²) in [6.45, 7) is 9.11. The van der Waals surface area contributed by atoms with E-state index in [4.69, 9.17) is 4.74 Å². The fourth-order valence-electron chi connectivity index (χ4n) is 3.13. The van der Waals surface area contributed by atoms with Crippen molar-refractivity contribution in [2.75, 3.05) is 45.9 Å². The molecular formula is C20H30FN3O5S. The highest BCUT2D eigenvalue weighted by Crippen LogP contribution is 2.21. The van der Waals surface area contributed by atoms with Crippen molar-refractivity contribution in [1.82, 2.24) is 14.1 Å². The Morgan fingerprint density at radius 1 is 1.10 bits per heavy atom. The van der Waals surface area contributed by atoms with E-state index in [0.29, 0.717) is 6.61 Å². The zero-order valence-corrected chi connectivity index (χ0v) is 18.7. The van der Waals surface area contributed by atoms with E-state index in [1.807, 2.05) is 13.8 Å². The van der Waals surface area contributed by atoms with Crippen molar-refractivity contribution in [3.63, 3.8) is 0 Å². The van der Waals surface area contributed by atoms with Gasteiger partial charge in [0, 0.05) is 39.3 Å². The summed E-state index contributed by atoms with van der Waals surface area (Å²) in [6, 6.07) is 3.26. The van der Waals surface area contributed by atoms with Gasteiger partial charge in [-0.15, -0.1) is 0 Å². The second-order valence-electron chi connectivity index (χ2n) is 7.48. The Hall–Kier alpha value is -2.20. The van der Waals surface area contributed by atoms with Crippen LogP contribution in [0.25, 0.3) is 0 Å². The number of carbonyl (C=O) groups excluding carboxylic acids is 2. The zero-order valence-electron chi connectivity index (χ0n) is 17.9. The molecule has 1 saturated heterocycles. The van der Waals surface area contributed by atoms with Gasteiger partial charge in [-0.1, -0.05) is 27.7 Å². The number of benzene rings is 1. The van der Waals surface area contributed by atoms with Gasteiger partial charge in [0.05, 0.1) is 17.1 Å². The molecule has 10 heteroatoms. The fraction of sp³-hybridized carbons (Fsp3) is 0.600. The summed E-state index contributed by atoms with van der Waals surface area (Å²) in [5, 5.41) is 0. The summed E-state index contributed by atoms with van der Waals surface area (Å²) in [5.74, 6) is -1.16. The Balaban J connectivity index is 2.12. The highest BCUT2D eigenvalue weighted by molar-refractivity contribution is 7.89. The van der Waals surface area contributed by atoms with Gasteiger partial charge < -0.3 is 14.5 Å². The molecule has 0 atom stereocenters. The molecule has 2 amide bonds. The first-order chi connectivity index (χ1) is 14.1. The minimum atomic E-state index is -3.81. The van der Waals surface area contributed by atoms with Crippen LogP contribution in [0.4, 0.5) is 9.18 Å². The van der Waals surface area contributed by atoms with Crippen molar-refractivity contribution < 1.29 is 27.1 Å². The third-order valence-electron chi connectivity index (χ3n) is 4.88. The number of halogens is 1. The van der Waals surface area contributed by atoms with Crippen molar-refractivity contribution in [3.05, 3.63) is 29.6 Å². The molecule has 1 heterocycles. The Bertz CT molecular complexity index is 863. The maximum atomic E-state index is 14.4. The number of nitrogens with zero attached hydrogens (tertiary/aromatic N) is 3. The van der Waals surface area contributed by atoms with Crippen molar-refractivity contribution in [2.45, 2.75) is 32.6 Å². The summed E-state index contributed by atoms with van der Waals surface area (Å²) < 4.78 is 46.2. The minimum absolute atomic E-state index is 0.119. The van der Waals surface area contributed by atoms with Gasteiger partial charge in [0.2, 0.25) is 10.0 Å². The van der Waals surface area contributed by atoms with Gasteiger partial charge in [0.15, 0.2) is 0 Å². The molecule has 1 aromatic carbocycles. The van der Waals surface area contributed by atoms with E-state index in [1.54, 1.807) is 13.8 Å². The standard InChI is InChI=1S/C20H30FN3O5S/c1-5-24(6-2)30(27,28)16-7-8-18(21)17(13-16)19(25)22-9-11-23(12-10-22)20(26)29-14-15(3)4/h7-8,13,15H,5-6,9-12,14H2,1-4H3. The van der Waals surface area contributed by atoms with Gasteiger partial charge in [0.25, 0.3) is 5.91 Å². The van der Waals surface area contributed by atoms with Crippen LogP contribution in [0.15, 0.2) is 23.1 Å². The van der Waals surface area contributed by atoms with Gasteiger partial charge >= 0.3 is 6.09 Å². The normalized spacial score (nSPS) is 15.0. The number of hydrogen-bond acceptors (Lipinski definition) is 5. The summed E-state index contributed by atoms with van der Waals surface area (Å²) >= 11 is 0. The highest BCUT2D eigenvalue weighted by atomic mass is 32.2. The molecule has 0 spiro atoms. The van der Waals surface area contributed by atoms with E-state index in [-0.39, 0.29) is 55.6 Å². The van der Waals surface area contributed by atoms with Gasteiger partial charge in [-0.05, 0) is 24.1 Å². The van der Waals surface area contributed by atoms with Crippen LogP contribution < -0.4 is 0 Å². The molecule has 0 unspecified atom stereocenters. The summed E-state index contributed by atoms with van der Waals surface area (Å²) in [5.41, 5.74) is -0.293. The van der Waals surface area contributed by atoms with E-state index in [1.165, 1.54) is 20.2 Å². The van der Waals surface area contributed by atoms with Crippen LogP contribution in [0.3, 0.4) is 0 Å². The molecule has 1 aliphatic rings. The minimum Gasteiger partial charge on any atom is -0.449 e. The Kier molecular flexibility index (Phi) is 8.19. The van der Waals surface area contributed by atoms with Gasteiger partial charge in [-0.3, -0.25) is 4.79 Å². The lowest BCUT2D eigenvalue weighted by Crippen LogP contribution is -2.51. The van der Waals surface area contributed by atoms with Crippen molar-refractivity contribution in [3.8, 4) is 0 Å². The molecule has 1 fully saturated rings. The molecular weight excluding hydrogens is 413 g/mol. The first kappa shape index (κ1) is 24.1. The smallest absolute Gasteiger partial charge is 0.409 e. The number of amides is 2. The number of rotatable bonds is 7. The predicted octanol–water partition coefficient (Wildman–Crippen LogP) is 2.41. The Labute approximate surface area is 177 Å². The monoisotopic (exact) mass is 443 g/mol. The van der Waals surface area contributed by atoms with E-state index in [2.05, 4.69) is 0 Å². The van der Waals surface area contributed by atoms with Crippen LogP contribution >= 0.6 is 0 Å². The zero-order chi connectivity index (χ0) is 22.5. The SMILES string of the molecule is CCN(CC)S(=O)(=O)c1ccc(F)c(C(=O)N2CCN(C(=O)OCC(C)C)CC2)c1. The summed E-state index contributed by atoms with van der Waals surface area (Å²) in [4.78, 5) is 27.7. The maximum Gasteiger partial charge on any atom is 0.409 e. The van der Waals surface area contributed by atoms with E-state index in [0.717, 1.165) is 12.1 Å². The molecule has 1 aromatic rings. The van der Waals surface area contributed by atoms with Crippen molar-refractivity contribution >= 4 is 22.0 Å². The topological polar surface area (TPSA) is 87.2 Å². The number of piperazine rings is 1. The van der Waals surface area contributed by atoms with Crippen LogP contribution in [-0.4, -0.2) is 80.4 Å². The summed E-state index contributed by atoms with van der Waals surface area (Å²) in [7, 11) is -3.81. The number of sulfonamides is 1. The van der Waals surface area contributed by atoms with Gasteiger partial charge in [-0.25, -0.2) is 17.6 Å². The van der Waals surface area contributed by atoms with Crippen LogP contribution in [0.5, 0.6) is 0 Å².